The Balaban J connectivity index is 1.43. The van der Waals surface area contributed by atoms with Gasteiger partial charge >= 0.3 is 6.09 Å². The predicted octanol–water partition coefficient (Wildman–Crippen LogP) is 6.73. The number of nitrogens with zero attached hydrogens (tertiary/aromatic N) is 2. The van der Waals surface area contributed by atoms with Gasteiger partial charge in [0, 0.05) is 52.4 Å². The highest BCUT2D eigenvalue weighted by atomic mass is 32.2. The zero-order valence-corrected chi connectivity index (χ0v) is 21.4. The topological polar surface area (TPSA) is 84.5 Å². The van der Waals surface area contributed by atoms with Crippen molar-refractivity contribution in [2.75, 3.05) is 5.75 Å². The fourth-order valence-electron chi connectivity index (χ4n) is 4.22. The van der Waals surface area contributed by atoms with Gasteiger partial charge in [0.1, 0.15) is 34.3 Å². The zero-order chi connectivity index (χ0) is 26.2. The number of rotatable bonds is 5. The Labute approximate surface area is 218 Å². The summed E-state index contributed by atoms with van der Waals surface area (Å²) in [6.07, 6.45) is 4.49. The first-order valence-electron chi connectivity index (χ1n) is 11.8. The Bertz CT molecular complexity index is 1430. The van der Waals surface area contributed by atoms with E-state index in [9.17, 15) is 14.0 Å². The molecule has 190 valence electrons. The fraction of sp³-hybridized carbons (Fsp3) is 0.250. The number of fused-ring (bicyclic) bond motifs is 1. The van der Waals surface area contributed by atoms with Crippen LogP contribution in [-0.2, 0) is 4.74 Å². The molecular formula is C28H26FN3O4S. The van der Waals surface area contributed by atoms with E-state index < -0.39 is 23.1 Å². The van der Waals surface area contributed by atoms with Gasteiger partial charge in [0.15, 0.2) is 5.78 Å². The molecule has 7 nitrogen and oxygen atoms in total. The molecule has 0 radical (unpaired) electrons. The quantitative estimate of drug-likeness (QED) is 0.294. The van der Waals surface area contributed by atoms with Crippen molar-refractivity contribution in [2.24, 2.45) is 0 Å². The summed E-state index contributed by atoms with van der Waals surface area (Å²) in [6, 6.07) is 14.1. The number of halogens is 1. The second-order valence-electron chi connectivity index (χ2n) is 9.71. The van der Waals surface area contributed by atoms with Gasteiger partial charge in [0.05, 0.1) is 0 Å². The van der Waals surface area contributed by atoms with Crippen LogP contribution in [0.1, 0.15) is 42.1 Å². The largest absolute Gasteiger partial charge is 0.457 e. The van der Waals surface area contributed by atoms with Crippen LogP contribution in [0.15, 0.2) is 73.2 Å². The van der Waals surface area contributed by atoms with Crippen molar-refractivity contribution < 1.29 is 23.5 Å². The molecule has 1 N–H and O–H groups in total. The van der Waals surface area contributed by atoms with E-state index in [0.29, 0.717) is 28.3 Å². The van der Waals surface area contributed by atoms with Crippen LogP contribution < -0.4 is 4.74 Å². The van der Waals surface area contributed by atoms with Crippen molar-refractivity contribution in [3.8, 4) is 11.5 Å². The summed E-state index contributed by atoms with van der Waals surface area (Å²) < 4.78 is 24.7. The Morgan fingerprint density at radius 1 is 1.11 bits per heavy atom. The number of aromatic nitrogens is 2. The van der Waals surface area contributed by atoms with Crippen LogP contribution in [0, 0.1) is 5.82 Å². The monoisotopic (exact) mass is 519 g/mol. The highest BCUT2D eigenvalue weighted by Crippen LogP contribution is 2.43. The summed E-state index contributed by atoms with van der Waals surface area (Å²) in [5, 5.41) is 0.328. The van der Waals surface area contributed by atoms with Crippen molar-refractivity contribution >= 4 is 34.5 Å². The second-order valence-corrected chi connectivity index (χ2v) is 10.8. The summed E-state index contributed by atoms with van der Waals surface area (Å²) in [7, 11) is 0. The van der Waals surface area contributed by atoms with Crippen molar-refractivity contribution in [1.29, 1.82) is 0 Å². The molecule has 9 heteroatoms. The maximum atomic E-state index is 13.8. The predicted molar refractivity (Wildman–Crippen MR) is 140 cm³/mol. The summed E-state index contributed by atoms with van der Waals surface area (Å²) in [5.74, 6) is 0.954. The SMILES string of the molecule is CC(C)(C)OC(=O)N1C(C(=O)c2c[nH]c3cc(Oc4ccc(F)cc4)ccc23)CSC1c1cccnc1. The highest BCUT2D eigenvalue weighted by Gasteiger charge is 2.44. The molecule has 0 saturated carbocycles. The summed E-state index contributed by atoms with van der Waals surface area (Å²) in [6.45, 7) is 5.40. The molecule has 2 aromatic carbocycles. The molecule has 2 unspecified atom stereocenters. The Kier molecular flexibility index (Phi) is 6.64. The lowest BCUT2D eigenvalue weighted by Crippen LogP contribution is -2.45. The van der Waals surface area contributed by atoms with Crippen molar-refractivity contribution in [3.63, 3.8) is 0 Å². The number of nitrogens with one attached hydrogen (secondary N) is 1. The third-order valence-electron chi connectivity index (χ3n) is 5.84. The van der Waals surface area contributed by atoms with E-state index in [1.54, 1.807) is 69.7 Å². The lowest BCUT2D eigenvalue weighted by molar-refractivity contribution is 0.0173. The van der Waals surface area contributed by atoms with Gasteiger partial charge in [-0.3, -0.25) is 14.7 Å². The van der Waals surface area contributed by atoms with Crippen LogP contribution in [0.2, 0.25) is 0 Å². The first-order valence-corrected chi connectivity index (χ1v) is 12.9. The number of thioether (sulfide) groups is 1. The number of amides is 1. The van der Waals surface area contributed by atoms with E-state index >= 15 is 0 Å². The average Bonchev–Trinajstić information content (AvgIpc) is 3.49. The fourth-order valence-corrected chi connectivity index (χ4v) is 5.62. The Hall–Kier alpha value is -3.85. The maximum Gasteiger partial charge on any atom is 0.412 e. The van der Waals surface area contributed by atoms with E-state index in [0.717, 1.165) is 10.9 Å². The zero-order valence-electron chi connectivity index (χ0n) is 20.6. The molecule has 1 aliphatic heterocycles. The van der Waals surface area contributed by atoms with Gasteiger partial charge in [0.2, 0.25) is 0 Å². The molecule has 1 fully saturated rings. The first-order chi connectivity index (χ1) is 17.7. The van der Waals surface area contributed by atoms with E-state index in [1.807, 2.05) is 12.1 Å². The van der Waals surface area contributed by atoms with Gasteiger partial charge in [-0.05, 0) is 63.2 Å². The normalized spacial score (nSPS) is 17.7. The van der Waals surface area contributed by atoms with Crippen LogP contribution in [0.3, 0.4) is 0 Å². The van der Waals surface area contributed by atoms with Gasteiger partial charge in [-0.25, -0.2) is 9.18 Å². The van der Waals surface area contributed by atoms with Gasteiger partial charge in [-0.15, -0.1) is 11.8 Å². The van der Waals surface area contributed by atoms with E-state index in [-0.39, 0.29) is 11.6 Å². The van der Waals surface area contributed by atoms with Crippen LogP contribution >= 0.6 is 11.8 Å². The number of carbonyl (C=O) groups is 2. The molecule has 2 aromatic heterocycles. The molecule has 5 rings (SSSR count). The van der Waals surface area contributed by atoms with Crippen molar-refractivity contribution in [1.82, 2.24) is 14.9 Å². The summed E-state index contributed by atoms with van der Waals surface area (Å²) in [4.78, 5) is 36.0. The van der Waals surface area contributed by atoms with E-state index in [4.69, 9.17) is 9.47 Å². The standard InChI is InChI=1S/C28H26FN3O4S/c1-28(2,3)36-27(34)32-24(16-37-26(32)17-5-4-12-30-14-17)25(33)22-15-31-23-13-20(10-11-21(22)23)35-19-8-6-18(29)7-9-19/h4-15,24,26,31H,16H2,1-3H3. The number of benzene rings is 2. The second kappa shape index (κ2) is 9.89. The highest BCUT2D eigenvalue weighted by molar-refractivity contribution is 7.99. The van der Waals surface area contributed by atoms with Gasteiger partial charge in [-0.1, -0.05) is 6.07 Å². The minimum Gasteiger partial charge on any atom is -0.457 e. The van der Waals surface area contributed by atoms with Crippen LogP contribution in [0.25, 0.3) is 10.9 Å². The molecule has 1 aliphatic rings. The number of Topliss-reactive ketones (excluding diaryl/α,β-unsaturated/α-hetero) is 1. The number of ether oxygens (including phenoxy) is 2. The molecule has 4 aromatic rings. The summed E-state index contributed by atoms with van der Waals surface area (Å²) in [5.41, 5.74) is 1.31. The number of carbonyl (C=O) groups excluding carboxylic acids is 2. The molecule has 0 bridgehead atoms. The van der Waals surface area contributed by atoms with Crippen LogP contribution in [0.4, 0.5) is 9.18 Å². The molecule has 3 heterocycles. The van der Waals surface area contributed by atoms with Crippen molar-refractivity contribution in [2.45, 2.75) is 37.8 Å². The Morgan fingerprint density at radius 2 is 1.86 bits per heavy atom. The van der Waals surface area contributed by atoms with Gasteiger partial charge in [-0.2, -0.15) is 0 Å². The first kappa shape index (κ1) is 24.8. The molecule has 1 saturated heterocycles. The number of hydrogen-bond acceptors (Lipinski definition) is 6. The maximum absolute atomic E-state index is 13.8. The third kappa shape index (κ3) is 5.32. The number of ketones is 1. The molecule has 1 amide bonds. The molecule has 2 atom stereocenters. The molecular weight excluding hydrogens is 493 g/mol. The third-order valence-corrected chi connectivity index (χ3v) is 7.17. The van der Waals surface area contributed by atoms with Gasteiger partial charge in [0.25, 0.3) is 0 Å². The van der Waals surface area contributed by atoms with Crippen molar-refractivity contribution in [3.05, 3.63) is 90.1 Å². The number of pyridine rings is 1. The number of aromatic amines is 1. The molecule has 0 aliphatic carbocycles. The van der Waals surface area contributed by atoms with E-state index in [2.05, 4.69) is 9.97 Å². The van der Waals surface area contributed by atoms with Crippen LogP contribution in [-0.4, -0.2) is 44.1 Å². The minimum atomic E-state index is -0.709. The van der Waals surface area contributed by atoms with Crippen LogP contribution in [0.5, 0.6) is 11.5 Å². The molecule has 0 spiro atoms. The lowest BCUT2D eigenvalue weighted by atomic mass is 10.0. The smallest absolute Gasteiger partial charge is 0.412 e. The Morgan fingerprint density at radius 3 is 2.57 bits per heavy atom. The average molecular weight is 520 g/mol. The number of hydrogen-bond donors (Lipinski definition) is 1. The number of H-pyrrole nitrogens is 1. The molecule has 37 heavy (non-hydrogen) atoms. The lowest BCUT2D eigenvalue weighted by Gasteiger charge is -2.31. The van der Waals surface area contributed by atoms with Gasteiger partial charge < -0.3 is 14.5 Å². The minimum absolute atomic E-state index is 0.178. The van der Waals surface area contributed by atoms with E-state index in [1.165, 1.54) is 28.8 Å². The summed E-state index contributed by atoms with van der Waals surface area (Å²) >= 11 is 1.51.